The Hall–Kier alpha value is -3.09. The number of carbonyl (C=O) groups is 1. The first-order valence-corrected chi connectivity index (χ1v) is 9.95. The Morgan fingerprint density at radius 1 is 1.31 bits per heavy atom. The van der Waals surface area contributed by atoms with Crippen LogP contribution in [0.5, 0.6) is 5.75 Å². The Morgan fingerprint density at radius 3 is 2.86 bits per heavy atom. The maximum Gasteiger partial charge on any atom is 0.258 e. The molecule has 0 spiro atoms. The maximum atomic E-state index is 11.8. The predicted octanol–water partition coefficient (Wildman–Crippen LogP) is 4.35. The van der Waals surface area contributed by atoms with Gasteiger partial charge in [0, 0.05) is 30.1 Å². The van der Waals surface area contributed by atoms with Crippen LogP contribution in [0.4, 0.5) is 5.82 Å². The lowest BCUT2D eigenvalue weighted by Gasteiger charge is -2.10. The van der Waals surface area contributed by atoms with Gasteiger partial charge in [0.2, 0.25) is 0 Å². The average molecular weight is 396 g/mol. The summed E-state index contributed by atoms with van der Waals surface area (Å²) in [5, 5.41) is 10.4. The van der Waals surface area contributed by atoms with Crippen molar-refractivity contribution in [2.45, 2.75) is 52.5 Å². The fourth-order valence-electron chi connectivity index (χ4n) is 2.65. The van der Waals surface area contributed by atoms with Crippen molar-refractivity contribution in [3.05, 3.63) is 36.5 Å². The molecule has 0 aliphatic heterocycles. The van der Waals surface area contributed by atoms with Gasteiger partial charge in [-0.2, -0.15) is 0 Å². The largest absolute Gasteiger partial charge is 0.484 e. The fraction of sp³-hybridized carbons (Fsp3) is 0.409. The number of aliphatic imine (C=N–C) groups is 1. The summed E-state index contributed by atoms with van der Waals surface area (Å²) in [5.74, 6) is 1.44. The van der Waals surface area contributed by atoms with Crippen LogP contribution in [0.2, 0.25) is 0 Å². The molecule has 7 nitrogen and oxygen atoms in total. The Morgan fingerprint density at radius 2 is 2.14 bits per heavy atom. The third-order valence-corrected chi connectivity index (χ3v) is 4.01. The third-order valence-electron chi connectivity index (χ3n) is 4.01. The molecule has 0 bridgehead atoms. The number of benzene rings is 1. The second-order valence-corrected chi connectivity index (χ2v) is 6.98. The van der Waals surface area contributed by atoms with Gasteiger partial charge < -0.3 is 15.5 Å². The summed E-state index contributed by atoms with van der Waals surface area (Å²) in [5.41, 5.74) is 1.47. The predicted molar refractivity (Wildman–Crippen MR) is 116 cm³/mol. The van der Waals surface area contributed by atoms with E-state index < -0.39 is 0 Å². The van der Waals surface area contributed by atoms with Gasteiger partial charge in [-0.25, -0.2) is 15.0 Å². The number of hydrogen-bond acceptors (Lipinski definition) is 6. The summed E-state index contributed by atoms with van der Waals surface area (Å²) in [6, 6.07) is 9.09. The lowest BCUT2D eigenvalue weighted by molar-refractivity contribution is -0.123. The van der Waals surface area contributed by atoms with Gasteiger partial charge in [-0.05, 0) is 38.8 Å². The molecule has 0 atom stereocenters. The van der Waals surface area contributed by atoms with Crippen LogP contribution in [-0.4, -0.2) is 40.5 Å². The van der Waals surface area contributed by atoms with E-state index in [1.165, 1.54) is 6.21 Å². The van der Waals surface area contributed by atoms with Crippen molar-refractivity contribution in [2.24, 2.45) is 4.99 Å². The summed E-state index contributed by atoms with van der Waals surface area (Å²) in [6.07, 6.45) is 6.95. The zero-order chi connectivity index (χ0) is 21.1. The van der Waals surface area contributed by atoms with Crippen molar-refractivity contribution in [2.75, 3.05) is 6.61 Å². The molecule has 1 amide bonds. The number of amides is 1. The molecule has 2 aromatic rings. The van der Waals surface area contributed by atoms with Crippen LogP contribution in [0.1, 0.15) is 46.5 Å². The molecule has 1 aromatic carbocycles. The lowest BCUT2D eigenvalue weighted by Crippen LogP contribution is -2.34. The van der Waals surface area contributed by atoms with Gasteiger partial charge in [0.05, 0.1) is 5.71 Å². The molecule has 1 heterocycles. The molecule has 2 N–H and O–H groups in total. The van der Waals surface area contributed by atoms with Crippen molar-refractivity contribution in [3.63, 3.8) is 0 Å². The van der Waals surface area contributed by atoms with E-state index in [-0.39, 0.29) is 18.6 Å². The van der Waals surface area contributed by atoms with E-state index in [1.807, 2.05) is 26.0 Å². The van der Waals surface area contributed by atoms with Gasteiger partial charge in [-0.3, -0.25) is 4.79 Å². The van der Waals surface area contributed by atoms with E-state index in [0.717, 1.165) is 31.2 Å². The second-order valence-electron chi connectivity index (χ2n) is 6.98. The monoisotopic (exact) mass is 395 g/mol. The van der Waals surface area contributed by atoms with Crippen LogP contribution in [0.3, 0.4) is 0 Å². The number of ether oxygens (including phenoxy) is 1. The summed E-state index contributed by atoms with van der Waals surface area (Å²) in [6.45, 7) is 5.90. The molecule has 0 aliphatic carbocycles. The molecule has 0 fully saturated rings. The molecule has 1 aromatic heterocycles. The number of carbonyl (C=O) groups excluding carboxylic acids is 1. The standard InChI is InChI=1S/C22H29N5O2/c1-4-5-6-9-18(14-23)26-20-11-12-24-22(27-20)17-8-7-10-19(13-17)29-15-21(28)25-16(2)3/h7-8,10-14,16,23H,4-6,9,15H2,1-3H3,(H,25,28). The highest BCUT2D eigenvalue weighted by atomic mass is 16.5. The van der Waals surface area contributed by atoms with Crippen LogP contribution < -0.4 is 10.1 Å². The van der Waals surface area contributed by atoms with E-state index >= 15 is 0 Å². The van der Waals surface area contributed by atoms with Crippen molar-refractivity contribution < 1.29 is 9.53 Å². The topological polar surface area (TPSA) is 100 Å². The van der Waals surface area contributed by atoms with E-state index in [9.17, 15) is 4.79 Å². The van der Waals surface area contributed by atoms with Crippen LogP contribution in [0.15, 0.2) is 41.5 Å². The molecule has 0 saturated heterocycles. The highest BCUT2D eigenvalue weighted by Crippen LogP contribution is 2.22. The molecule has 0 radical (unpaired) electrons. The first-order chi connectivity index (χ1) is 14.0. The second kappa shape index (κ2) is 11.7. The van der Waals surface area contributed by atoms with E-state index in [4.69, 9.17) is 10.1 Å². The van der Waals surface area contributed by atoms with Gasteiger partial charge in [0.1, 0.15) is 5.75 Å². The third kappa shape index (κ3) is 7.81. The molecule has 29 heavy (non-hydrogen) atoms. The average Bonchev–Trinajstić information content (AvgIpc) is 2.71. The molecule has 2 rings (SSSR count). The van der Waals surface area contributed by atoms with Crippen LogP contribution >= 0.6 is 0 Å². The Labute approximate surface area is 172 Å². The molecular formula is C22H29N5O2. The molecule has 0 unspecified atom stereocenters. The normalized spacial score (nSPS) is 11.4. The smallest absolute Gasteiger partial charge is 0.258 e. The van der Waals surface area contributed by atoms with E-state index in [2.05, 4.69) is 27.2 Å². The van der Waals surface area contributed by atoms with Gasteiger partial charge in [-0.15, -0.1) is 0 Å². The number of rotatable bonds is 11. The van der Waals surface area contributed by atoms with Gasteiger partial charge in [-0.1, -0.05) is 31.9 Å². The highest BCUT2D eigenvalue weighted by molar-refractivity contribution is 6.30. The minimum atomic E-state index is -0.166. The van der Waals surface area contributed by atoms with Crippen molar-refractivity contribution in [1.29, 1.82) is 5.41 Å². The van der Waals surface area contributed by atoms with Crippen LogP contribution in [0, 0.1) is 5.41 Å². The maximum absolute atomic E-state index is 11.8. The fourth-order valence-corrected chi connectivity index (χ4v) is 2.65. The molecule has 0 saturated carbocycles. The minimum Gasteiger partial charge on any atom is -0.484 e. The first kappa shape index (κ1) is 22.2. The number of aromatic nitrogens is 2. The van der Waals surface area contributed by atoms with E-state index in [1.54, 1.807) is 24.4 Å². The Bertz CT molecular complexity index is 849. The number of nitrogens with one attached hydrogen (secondary N) is 2. The summed E-state index contributed by atoms with van der Waals surface area (Å²) in [7, 11) is 0. The summed E-state index contributed by atoms with van der Waals surface area (Å²) < 4.78 is 5.57. The zero-order valence-corrected chi connectivity index (χ0v) is 17.3. The van der Waals surface area contributed by atoms with Crippen LogP contribution in [0.25, 0.3) is 11.4 Å². The van der Waals surface area contributed by atoms with Crippen molar-refractivity contribution in [3.8, 4) is 17.1 Å². The molecular weight excluding hydrogens is 366 g/mol. The van der Waals surface area contributed by atoms with Gasteiger partial charge in [0.15, 0.2) is 18.2 Å². The summed E-state index contributed by atoms with van der Waals surface area (Å²) in [4.78, 5) is 25.1. The van der Waals surface area contributed by atoms with Crippen molar-refractivity contribution >= 4 is 23.7 Å². The Balaban J connectivity index is 2.11. The SMILES string of the molecule is CCCCCC(C=N)=Nc1ccnc(-c2cccc(OCC(=O)NC(C)C)c2)n1. The van der Waals surface area contributed by atoms with Gasteiger partial charge >= 0.3 is 0 Å². The summed E-state index contributed by atoms with van der Waals surface area (Å²) >= 11 is 0. The number of nitrogens with zero attached hydrogens (tertiary/aromatic N) is 3. The minimum absolute atomic E-state index is 0.0483. The highest BCUT2D eigenvalue weighted by Gasteiger charge is 2.08. The lowest BCUT2D eigenvalue weighted by atomic mass is 10.1. The molecule has 7 heteroatoms. The quantitative estimate of drug-likeness (QED) is 0.436. The van der Waals surface area contributed by atoms with Gasteiger partial charge in [0.25, 0.3) is 5.91 Å². The van der Waals surface area contributed by atoms with Crippen LogP contribution in [-0.2, 0) is 4.79 Å². The number of unbranched alkanes of at least 4 members (excludes halogenated alkanes) is 2. The Kier molecular flexibility index (Phi) is 8.95. The molecule has 0 aliphatic rings. The zero-order valence-electron chi connectivity index (χ0n) is 17.3. The number of hydrogen-bond donors (Lipinski definition) is 2. The molecule has 154 valence electrons. The first-order valence-electron chi connectivity index (χ1n) is 9.95. The van der Waals surface area contributed by atoms with Crippen molar-refractivity contribution in [1.82, 2.24) is 15.3 Å². The van der Waals surface area contributed by atoms with E-state index in [0.29, 0.717) is 23.1 Å².